The van der Waals surface area contributed by atoms with Gasteiger partial charge < -0.3 is 14.0 Å². The van der Waals surface area contributed by atoms with Crippen molar-refractivity contribution in [1.29, 1.82) is 0 Å². The molecule has 0 aromatic heterocycles. The zero-order valence-electron chi connectivity index (χ0n) is 22.4. The first-order chi connectivity index (χ1) is 16.6. The minimum Gasteiger partial charge on any atom is -0.744 e. The summed E-state index contributed by atoms with van der Waals surface area (Å²) in [5, 5.41) is 0. The van der Waals surface area contributed by atoms with Gasteiger partial charge in [0.25, 0.3) is 0 Å². The fourth-order valence-corrected chi connectivity index (χ4v) is 9.96. The Kier molecular flexibility index (Phi) is 17.1. The first-order valence-corrected chi connectivity index (χ1v) is 16.6. The molecule has 0 amide bonds. The van der Waals surface area contributed by atoms with Crippen LogP contribution in [0.2, 0.25) is 0 Å². The second-order valence-corrected chi connectivity index (χ2v) is 14.6. The van der Waals surface area contributed by atoms with Crippen LogP contribution in [0.15, 0.2) is 23.1 Å². The zero-order valence-corrected chi connectivity index (χ0v) is 24.1. The Balaban J connectivity index is 0.000000662. The summed E-state index contributed by atoms with van der Waals surface area (Å²) in [5.41, 5.74) is -0.969. The van der Waals surface area contributed by atoms with Gasteiger partial charge in [-0.15, -0.1) is 0 Å². The molecule has 202 valence electrons. The lowest BCUT2D eigenvalue weighted by molar-refractivity contribution is 0.0551. The first-order valence-electron chi connectivity index (χ1n) is 12.7. The van der Waals surface area contributed by atoms with Crippen LogP contribution in [-0.4, -0.2) is 63.8 Å². The van der Waals surface area contributed by atoms with E-state index in [0.29, 0.717) is 0 Å². The fraction of sp³-hybridized carbons (Fsp3) is 0.692. The van der Waals surface area contributed by atoms with Gasteiger partial charge in [-0.25, -0.2) is 18.0 Å². The van der Waals surface area contributed by atoms with E-state index in [4.69, 9.17) is 0 Å². The van der Waals surface area contributed by atoms with E-state index in [1.54, 1.807) is 24.6 Å². The zero-order chi connectivity index (χ0) is 26.9. The Hall–Kier alpha value is -1.50. The normalized spacial score (nSPS) is 11.4. The Morgan fingerprint density at radius 3 is 1.49 bits per heavy atom. The molecule has 0 spiro atoms. The lowest BCUT2D eigenvalue weighted by atomic mass is 10.1. The molecule has 0 aliphatic heterocycles. The molecule has 0 fully saturated rings. The molecule has 0 saturated heterocycles. The highest BCUT2D eigenvalue weighted by Crippen LogP contribution is 2.61. The molecule has 0 N–H and O–H groups in total. The largest absolute Gasteiger partial charge is 0.744 e. The van der Waals surface area contributed by atoms with Crippen molar-refractivity contribution in [2.24, 2.45) is 0 Å². The molecule has 0 aliphatic rings. The number of carbonyl (C=O) groups excluding carboxylic acids is 2. The highest BCUT2D eigenvalue weighted by Gasteiger charge is 2.34. The van der Waals surface area contributed by atoms with Gasteiger partial charge in [-0.1, -0.05) is 59.4 Å². The Bertz CT molecular complexity index is 831. The molecule has 0 radical (unpaired) electrons. The van der Waals surface area contributed by atoms with Crippen molar-refractivity contribution in [3.8, 4) is 0 Å². The van der Waals surface area contributed by atoms with E-state index in [2.05, 4.69) is 37.2 Å². The van der Waals surface area contributed by atoms with Crippen LogP contribution in [0.4, 0.5) is 0 Å². The number of ether oxygens (including phenoxy) is 2. The first kappa shape index (κ1) is 33.5. The predicted molar refractivity (Wildman–Crippen MR) is 143 cm³/mol. The number of carbonyl (C=O) groups is 2. The van der Waals surface area contributed by atoms with Crippen LogP contribution in [-0.2, 0) is 19.6 Å². The maximum atomic E-state index is 11.5. The van der Waals surface area contributed by atoms with Crippen LogP contribution >= 0.6 is 7.26 Å². The van der Waals surface area contributed by atoms with Crippen LogP contribution in [0, 0.1) is 0 Å². The average molecular weight is 533 g/mol. The third kappa shape index (κ3) is 11.9. The van der Waals surface area contributed by atoms with Gasteiger partial charge in [-0.2, -0.15) is 0 Å². The van der Waals surface area contributed by atoms with Crippen LogP contribution in [0.1, 0.15) is 99.8 Å². The second-order valence-electron chi connectivity index (χ2n) is 8.77. The molecule has 7 nitrogen and oxygen atoms in total. The monoisotopic (exact) mass is 532 g/mol. The minimum atomic E-state index is -4.91. The molecule has 1 aromatic carbocycles. The van der Waals surface area contributed by atoms with Gasteiger partial charge in [-0.05, 0) is 37.8 Å². The van der Waals surface area contributed by atoms with Gasteiger partial charge in [0.1, 0.15) is 10.1 Å². The van der Waals surface area contributed by atoms with Crippen molar-refractivity contribution in [3.05, 3.63) is 29.3 Å². The van der Waals surface area contributed by atoms with E-state index in [1.165, 1.54) is 51.4 Å². The lowest BCUT2D eigenvalue weighted by Gasteiger charge is -2.28. The quantitative estimate of drug-likeness (QED) is 0.147. The summed E-state index contributed by atoms with van der Waals surface area (Å²) in [4.78, 5) is 22.1. The summed E-state index contributed by atoms with van der Waals surface area (Å²) in [6.07, 6.45) is 17.9. The summed E-state index contributed by atoms with van der Waals surface area (Å²) >= 11 is 0. The third-order valence-corrected chi connectivity index (χ3v) is 12.0. The van der Waals surface area contributed by atoms with E-state index in [-0.39, 0.29) is 5.56 Å². The molecule has 0 unspecified atom stereocenters. The lowest BCUT2D eigenvalue weighted by Crippen LogP contribution is -2.16. The number of unbranched alkanes of at least 4 members (excludes halogenated alkanes) is 4. The topological polar surface area (TPSA) is 110 Å². The molecule has 35 heavy (non-hydrogen) atoms. The van der Waals surface area contributed by atoms with E-state index in [0.717, 1.165) is 32.4 Å². The Morgan fingerprint density at radius 2 is 1.17 bits per heavy atom. The van der Waals surface area contributed by atoms with Gasteiger partial charge in [0.15, 0.2) is 0 Å². The summed E-state index contributed by atoms with van der Waals surface area (Å²) in [7, 11) is -3.42. The number of benzene rings is 1. The van der Waals surface area contributed by atoms with Crippen molar-refractivity contribution < 1.29 is 32.0 Å². The molecule has 1 aromatic rings. The molecule has 1 rings (SSSR count). The number of methoxy groups -OCH3 is 2. The van der Waals surface area contributed by atoms with Gasteiger partial charge >= 0.3 is 11.9 Å². The fourth-order valence-electron chi connectivity index (χ4n) is 3.98. The molecule has 0 aliphatic carbocycles. The number of hydrogen-bond acceptors (Lipinski definition) is 7. The van der Waals surface area contributed by atoms with Crippen molar-refractivity contribution in [1.82, 2.24) is 0 Å². The molecule has 0 saturated carbocycles. The maximum Gasteiger partial charge on any atom is 0.340 e. The molecule has 0 heterocycles. The highest BCUT2D eigenvalue weighted by atomic mass is 32.2. The molecular weight excluding hydrogens is 487 g/mol. The van der Waals surface area contributed by atoms with Crippen LogP contribution < -0.4 is 0 Å². The van der Waals surface area contributed by atoms with E-state index >= 15 is 0 Å². The van der Waals surface area contributed by atoms with E-state index < -0.39 is 39.8 Å². The van der Waals surface area contributed by atoms with E-state index in [1.807, 2.05) is 0 Å². The number of esters is 2. The third-order valence-electron chi connectivity index (χ3n) is 6.03. The Labute approximate surface area is 213 Å². The second kappa shape index (κ2) is 17.9. The SMILES string of the molecule is CCCC[P+](CCCC)(CCCC)CCCC.COC(=O)c1cccc(S(=O)(=O)[O-])c1C(=O)OC. The van der Waals surface area contributed by atoms with Crippen molar-refractivity contribution in [2.75, 3.05) is 38.9 Å². The number of rotatable bonds is 15. The highest BCUT2D eigenvalue weighted by molar-refractivity contribution is 7.85. The summed E-state index contributed by atoms with van der Waals surface area (Å²) < 4.78 is 41.8. The summed E-state index contributed by atoms with van der Waals surface area (Å²) in [6, 6.07) is 3.23. The maximum absolute atomic E-state index is 11.5. The molecule has 9 heteroatoms. The van der Waals surface area contributed by atoms with Crippen molar-refractivity contribution in [2.45, 2.75) is 84.0 Å². The van der Waals surface area contributed by atoms with E-state index in [9.17, 15) is 22.6 Å². The van der Waals surface area contributed by atoms with Gasteiger partial charge in [-0.3, -0.25) is 0 Å². The molecular formula is C26H45O7PS. The average Bonchev–Trinajstić information content (AvgIpc) is 2.86. The van der Waals surface area contributed by atoms with Crippen molar-refractivity contribution in [3.63, 3.8) is 0 Å². The molecule has 0 atom stereocenters. The van der Waals surface area contributed by atoms with Gasteiger partial charge in [0, 0.05) is 7.26 Å². The minimum absolute atomic E-state index is 0.346. The van der Waals surface area contributed by atoms with Crippen LogP contribution in [0.3, 0.4) is 0 Å². The number of hydrogen-bond donors (Lipinski definition) is 0. The van der Waals surface area contributed by atoms with Crippen LogP contribution in [0.25, 0.3) is 0 Å². The summed E-state index contributed by atoms with van der Waals surface area (Å²) in [5.74, 6) is -2.05. The Morgan fingerprint density at radius 1 is 0.771 bits per heavy atom. The predicted octanol–water partition coefficient (Wildman–Crippen LogP) is 6.37. The standard InChI is InChI=1S/C16H36P.C10H10O7S/c1-5-9-13-17(14-10-6-2,15-11-7-3)16-12-8-4;1-16-9(11)6-4-3-5-7(18(13,14)15)8(6)10(12)17-2/h5-16H2,1-4H3;3-5H,1-2H3,(H,13,14,15)/q+1;/p-1. The van der Waals surface area contributed by atoms with Gasteiger partial charge in [0.2, 0.25) is 0 Å². The van der Waals surface area contributed by atoms with Crippen LogP contribution in [0.5, 0.6) is 0 Å². The summed E-state index contributed by atoms with van der Waals surface area (Å²) in [6.45, 7) is 9.42. The van der Waals surface area contributed by atoms with Gasteiger partial charge in [0.05, 0.1) is 54.9 Å². The van der Waals surface area contributed by atoms with Crippen molar-refractivity contribution >= 4 is 29.3 Å². The molecule has 0 bridgehead atoms. The smallest absolute Gasteiger partial charge is 0.340 e.